The molecule has 0 aliphatic carbocycles. The number of hydrogen-bond donors (Lipinski definition) is 0. The fourth-order valence-electron chi connectivity index (χ4n) is 1.76. The molecule has 0 aliphatic heterocycles. The Morgan fingerprint density at radius 1 is 1.42 bits per heavy atom. The van der Waals surface area contributed by atoms with Crippen LogP contribution in [0.4, 0.5) is 10.2 Å². The minimum Gasteiger partial charge on any atom is -0.480 e. The van der Waals surface area contributed by atoms with E-state index in [0.717, 1.165) is 5.56 Å². The lowest BCUT2D eigenvalue weighted by Gasteiger charge is -2.18. The second-order valence-corrected chi connectivity index (χ2v) is 4.65. The summed E-state index contributed by atoms with van der Waals surface area (Å²) in [6.07, 6.45) is 1.93. The van der Waals surface area contributed by atoms with Crippen molar-refractivity contribution in [3.05, 3.63) is 28.8 Å². The Kier molecular flexibility index (Phi) is 4.26. The molecule has 0 radical (unpaired) electrons. The fourth-order valence-corrected chi connectivity index (χ4v) is 2.40. The molecule has 0 saturated heterocycles. The molecule has 2 rings (SSSR count). The predicted molar refractivity (Wildman–Crippen MR) is 72.1 cm³/mol. The Bertz CT molecular complexity index is 560. The van der Waals surface area contributed by atoms with Crippen molar-refractivity contribution < 1.29 is 9.13 Å². The number of aromatic nitrogens is 3. The number of aryl methyl sites for hydroxylation is 1. The zero-order valence-electron chi connectivity index (χ0n) is 11.1. The number of anilines is 1. The van der Waals surface area contributed by atoms with E-state index in [1.165, 1.54) is 17.9 Å². The Balaban J connectivity index is 2.23. The van der Waals surface area contributed by atoms with Gasteiger partial charge >= 0.3 is 0 Å². The topological polar surface area (TPSA) is 51.1 Å². The molecule has 0 spiro atoms. The van der Waals surface area contributed by atoms with Gasteiger partial charge in [-0.05, 0) is 18.0 Å². The van der Waals surface area contributed by atoms with Gasteiger partial charge < -0.3 is 9.64 Å². The van der Waals surface area contributed by atoms with Crippen LogP contribution in [0.2, 0.25) is 0 Å². The minimum absolute atomic E-state index is 0.292. The lowest BCUT2D eigenvalue weighted by Crippen LogP contribution is -2.20. The molecule has 0 aliphatic rings. The minimum atomic E-state index is -0.366. The third-order valence-electron chi connectivity index (χ3n) is 2.75. The van der Waals surface area contributed by atoms with Crippen LogP contribution in [0.1, 0.15) is 18.2 Å². The maximum atomic E-state index is 14.1. The van der Waals surface area contributed by atoms with E-state index in [2.05, 4.69) is 14.3 Å². The molecule has 0 atom stereocenters. The van der Waals surface area contributed by atoms with Gasteiger partial charge in [0, 0.05) is 18.0 Å². The quantitative estimate of drug-likeness (QED) is 0.842. The molecular formula is C12H15FN4OS. The number of halogens is 1. The summed E-state index contributed by atoms with van der Waals surface area (Å²) in [5, 5.41) is 1.88. The molecule has 0 amide bonds. The van der Waals surface area contributed by atoms with Crippen molar-refractivity contribution in [2.75, 3.05) is 19.1 Å². The summed E-state index contributed by atoms with van der Waals surface area (Å²) in [5.74, 6) is 0.497. The van der Waals surface area contributed by atoms with E-state index in [1.807, 2.05) is 12.3 Å². The van der Waals surface area contributed by atoms with Crippen LogP contribution < -0.4 is 9.64 Å². The van der Waals surface area contributed by atoms with Crippen molar-refractivity contribution >= 4 is 17.4 Å². The second-order valence-electron chi connectivity index (χ2n) is 4.02. The fraction of sp³-hybridized carbons (Fsp3) is 0.417. The number of hydrogen-bond acceptors (Lipinski definition) is 6. The Morgan fingerprint density at radius 3 is 2.89 bits per heavy atom. The Morgan fingerprint density at radius 2 is 2.21 bits per heavy atom. The molecule has 0 N–H and O–H groups in total. The van der Waals surface area contributed by atoms with Crippen LogP contribution >= 0.6 is 11.5 Å². The van der Waals surface area contributed by atoms with Crippen molar-refractivity contribution in [1.29, 1.82) is 0 Å². The highest BCUT2D eigenvalue weighted by atomic mass is 32.1. The first-order valence-electron chi connectivity index (χ1n) is 5.85. The molecule has 0 aromatic carbocycles. The zero-order valence-corrected chi connectivity index (χ0v) is 11.9. The third kappa shape index (κ3) is 2.81. The SMILES string of the molecule is CCc1ncnc(N(C)Cc2csnc2OC)c1F. The molecule has 0 saturated carbocycles. The van der Waals surface area contributed by atoms with Gasteiger partial charge in [-0.25, -0.2) is 14.4 Å². The van der Waals surface area contributed by atoms with Crippen LogP contribution in [-0.4, -0.2) is 28.5 Å². The number of rotatable bonds is 5. The molecule has 2 heterocycles. The smallest absolute Gasteiger partial charge is 0.229 e. The predicted octanol–water partition coefficient (Wildman–Crippen LogP) is 2.28. The Labute approximate surface area is 115 Å². The summed E-state index contributed by atoms with van der Waals surface area (Å²) in [5.41, 5.74) is 1.33. The molecule has 0 unspecified atom stereocenters. The zero-order chi connectivity index (χ0) is 13.8. The van der Waals surface area contributed by atoms with E-state index >= 15 is 0 Å². The van der Waals surface area contributed by atoms with Gasteiger partial charge in [-0.1, -0.05) is 6.92 Å². The highest BCUT2D eigenvalue weighted by Crippen LogP contribution is 2.24. The normalized spacial score (nSPS) is 10.5. The highest BCUT2D eigenvalue weighted by Gasteiger charge is 2.16. The van der Waals surface area contributed by atoms with Gasteiger partial charge in [0.2, 0.25) is 5.88 Å². The average molecular weight is 282 g/mol. The molecule has 19 heavy (non-hydrogen) atoms. The number of nitrogens with zero attached hydrogens (tertiary/aromatic N) is 4. The van der Waals surface area contributed by atoms with Crippen molar-refractivity contribution in [3.8, 4) is 5.88 Å². The van der Waals surface area contributed by atoms with E-state index in [0.29, 0.717) is 30.4 Å². The summed E-state index contributed by atoms with van der Waals surface area (Å²) in [6, 6.07) is 0. The molecular weight excluding hydrogens is 267 g/mol. The van der Waals surface area contributed by atoms with Crippen molar-refractivity contribution in [2.24, 2.45) is 0 Å². The average Bonchev–Trinajstić information content (AvgIpc) is 2.86. The van der Waals surface area contributed by atoms with E-state index in [9.17, 15) is 4.39 Å². The van der Waals surface area contributed by atoms with E-state index < -0.39 is 0 Å². The van der Waals surface area contributed by atoms with Crippen LogP contribution in [0.15, 0.2) is 11.7 Å². The van der Waals surface area contributed by atoms with Gasteiger partial charge in [-0.3, -0.25) is 0 Å². The van der Waals surface area contributed by atoms with Crippen molar-refractivity contribution in [3.63, 3.8) is 0 Å². The van der Waals surface area contributed by atoms with Crippen LogP contribution in [0, 0.1) is 5.82 Å². The van der Waals surface area contributed by atoms with E-state index in [-0.39, 0.29) is 5.82 Å². The van der Waals surface area contributed by atoms with E-state index in [1.54, 1.807) is 19.1 Å². The molecule has 0 bridgehead atoms. The first-order valence-corrected chi connectivity index (χ1v) is 6.68. The highest BCUT2D eigenvalue weighted by molar-refractivity contribution is 7.03. The van der Waals surface area contributed by atoms with Gasteiger partial charge in [0.05, 0.1) is 19.3 Å². The standard InChI is InChI=1S/C12H15FN4OS/c1-4-9-10(13)11(15-7-14-9)17(2)5-8-6-19-16-12(8)18-3/h6-7H,4-5H2,1-3H3. The van der Waals surface area contributed by atoms with Crippen molar-refractivity contribution in [1.82, 2.24) is 14.3 Å². The molecule has 5 nitrogen and oxygen atoms in total. The summed E-state index contributed by atoms with van der Waals surface area (Å²) in [4.78, 5) is 9.65. The van der Waals surface area contributed by atoms with Crippen LogP contribution in [0.25, 0.3) is 0 Å². The van der Waals surface area contributed by atoms with Gasteiger partial charge in [-0.2, -0.15) is 4.37 Å². The van der Waals surface area contributed by atoms with Crippen LogP contribution in [-0.2, 0) is 13.0 Å². The first-order chi connectivity index (χ1) is 9.17. The first kappa shape index (κ1) is 13.7. The third-order valence-corrected chi connectivity index (χ3v) is 3.41. The number of ether oxygens (including phenoxy) is 1. The summed E-state index contributed by atoms with van der Waals surface area (Å²) in [6.45, 7) is 2.35. The van der Waals surface area contributed by atoms with E-state index in [4.69, 9.17) is 4.74 Å². The van der Waals surface area contributed by atoms with Gasteiger partial charge in [0.15, 0.2) is 11.6 Å². The van der Waals surface area contributed by atoms with Crippen LogP contribution in [0.3, 0.4) is 0 Å². The lowest BCUT2D eigenvalue weighted by atomic mass is 10.2. The molecule has 2 aromatic heterocycles. The molecule has 0 fully saturated rings. The molecule has 7 heteroatoms. The summed E-state index contributed by atoms with van der Waals surface area (Å²) < 4.78 is 23.4. The summed E-state index contributed by atoms with van der Waals surface area (Å²) >= 11 is 1.31. The second kappa shape index (κ2) is 5.92. The van der Waals surface area contributed by atoms with Gasteiger partial charge in [0.1, 0.15) is 6.33 Å². The molecule has 2 aromatic rings. The largest absolute Gasteiger partial charge is 0.480 e. The summed E-state index contributed by atoms with van der Waals surface area (Å²) in [7, 11) is 3.35. The Hall–Kier alpha value is -1.76. The monoisotopic (exact) mass is 282 g/mol. The van der Waals surface area contributed by atoms with Gasteiger partial charge in [-0.15, -0.1) is 0 Å². The lowest BCUT2D eigenvalue weighted by molar-refractivity contribution is 0.397. The number of methoxy groups -OCH3 is 1. The van der Waals surface area contributed by atoms with Gasteiger partial charge in [0.25, 0.3) is 0 Å². The molecule has 102 valence electrons. The van der Waals surface area contributed by atoms with Crippen LogP contribution in [0.5, 0.6) is 5.88 Å². The van der Waals surface area contributed by atoms with Crippen molar-refractivity contribution in [2.45, 2.75) is 19.9 Å². The maximum absolute atomic E-state index is 14.1. The maximum Gasteiger partial charge on any atom is 0.229 e.